The van der Waals surface area contributed by atoms with Gasteiger partial charge in [0.15, 0.2) is 0 Å². The van der Waals surface area contributed by atoms with Crippen molar-refractivity contribution in [1.29, 1.82) is 0 Å². The second kappa shape index (κ2) is 8.84. The Morgan fingerprint density at radius 2 is 2.04 bits per heavy atom. The van der Waals surface area contributed by atoms with Crippen LogP contribution < -0.4 is 5.32 Å². The van der Waals surface area contributed by atoms with Gasteiger partial charge in [0.05, 0.1) is 19.8 Å². The predicted molar refractivity (Wildman–Crippen MR) is 79.2 cm³/mol. The summed E-state index contributed by atoms with van der Waals surface area (Å²) in [7, 11) is 0. The first-order valence-electron chi connectivity index (χ1n) is 7.37. The average Bonchev–Trinajstić information content (AvgIpc) is 2.88. The van der Waals surface area contributed by atoms with E-state index in [-0.39, 0.29) is 57.6 Å². The van der Waals surface area contributed by atoms with Crippen molar-refractivity contribution < 1.29 is 23.9 Å². The monoisotopic (exact) mass is 321 g/mol. The third-order valence-corrected chi connectivity index (χ3v) is 3.22. The van der Waals surface area contributed by atoms with Gasteiger partial charge >= 0.3 is 6.09 Å². The van der Waals surface area contributed by atoms with Crippen LogP contribution in [0.5, 0.6) is 0 Å². The lowest BCUT2D eigenvalue weighted by atomic mass is 10.3. The lowest BCUT2D eigenvalue weighted by molar-refractivity contribution is -0.139. The number of hydrogen-bond donors (Lipinski definition) is 1. The number of ether oxygens (including phenoxy) is 2. The van der Waals surface area contributed by atoms with Crippen LogP contribution in [0.4, 0.5) is 4.79 Å². The summed E-state index contributed by atoms with van der Waals surface area (Å²) in [6.45, 7) is 1.22. The fraction of sp³-hybridized carbons (Fsp3) is 0.467. The van der Waals surface area contributed by atoms with Gasteiger partial charge in [-0.15, -0.1) is 0 Å². The van der Waals surface area contributed by atoms with Crippen LogP contribution in [-0.2, 0) is 25.7 Å². The minimum atomic E-state index is -0.539. The Labute approximate surface area is 133 Å². The number of carbonyl (C=O) groups excluding carboxylic acids is 3. The zero-order valence-corrected chi connectivity index (χ0v) is 12.7. The summed E-state index contributed by atoms with van der Waals surface area (Å²) in [5, 5.41) is 2.54. The van der Waals surface area contributed by atoms with E-state index in [4.69, 9.17) is 9.47 Å². The van der Waals surface area contributed by atoms with E-state index in [2.05, 4.69) is 10.3 Å². The summed E-state index contributed by atoms with van der Waals surface area (Å²) >= 11 is 0. The topological polar surface area (TPSA) is 97.8 Å². The number of nitrogens with one attached hydrogen (secondary N) is 1. The zero-order valence-electron chi connectivity index (χ0n) is 12.7. The van der Waals surface area contributed by atoms with E-state index < -0.39 is 6.09 Å². The van der Waals surface area contributed by atoms with Gasteiger partial charge in [-0.25, -0.2) is 4.79 Å². The molecule has 0 atom stereocenters. The summed E-state index contributed by atoms with van der Waals surface area (Å²) in [6, 6.07) is 3.57. The highest BCUT2D eigenvalue weighted by molar-refractivity contribution is 6.01. The smallest absolute Gasteiger partial charge is 0.407 e. The molecule has 124 valence electrons. The van der Waals surface area contributed by atoms with Gasteiger partial charge in [0.25, 0.3) is 0 Å². The predicted octanol–water partition coefficient (Wildman–Crippen LogP) is 0.473. The Bertz CT molecular complexity index is 533. The lowest BCUT2D eigenvalue weighted by Gasteiger charge is -2.13. The average molecular weight is 321 g/mol. The van der Waals surface area contributed by atoms with Crippen LogP contribution in [0.2, 0.25) is 0 Å². The number of imide groups is 1. The van der Waals surface area contributed by atoms with Gasteiger partial charge in [-0.05, 0) is 6.07 Å². The van der Waals surface area contributed by atoms with E-state index in [1.165, 1.54) is 4.90 Å². The number of aromatic nitrogens is 1. The van der Waals surface area contributed by atoms with Crippen molar-refractivity contribution in [3.05, 3.63) is 30.1 Å². The SMILES string of the molecule is O=C(NCCOCCN1C(=O)CCC1=O)OCc1cccnc1. The summed E-state index contributed by atoms with van der Waals surface area (Å²) in [6.07, 6.45) is 3.29. The first-order valence-corrected chi connectivity index (χ1v) is 7.37. The Morgan fingerprint density at radius 3 is 2.74 bits per heavy atom. The molecule has 1 aromatic rings. The number of hydrogen-bond acceptors (Lipinski definition) is 6. The van der Waals surface area contributed by atoms with Crippen molar-refractivity contribution >= 4 is 17.9 Å². The molecule has 0 bridgehead atoms. The minimum Gasteiger partial charge on any atom is -0.445 e. The summed E-state index contributed by atoms with van der Waals surface area (Å²) in [5.41, 5.74) is 0.804. The van der Waals surface area contributed by atoms with E-state index in [0.717, 1.165) is 5.56 Å². The maximum absolute atomic E-state index is 11.4. The van der Waals surface area contributed by atoms with Crippen molar-refractivity contribution in [2.24, 2.45) is 0 Å². The molecule has 1 saturated heterocycles. The second-order valence-corrected chi connectivity index (χ2v) is 4.92. The van der Waals surface area contributed by atoms with Gasteiger partial charge in [0, 0.05) is 37.3 Å². The van der Waals surface area contributed by atoms with Crippen LogP contribution in [0, 0.1) is 0 Å². The number of alkyl carbamates (subject to hydrolysis) is 1. The van der Waals surface area contributed by atoms with Gasteiger partial charge in [0.1, 0.15) is 6.61 Å². The molecule has 1 aliphatic rings. The van der Waals surface area contributed by atoms with Crippen molar-refractivity contribution in [2.45, 2.75) is 19.4 Å². The van der Waals surface area contributed by atoms with E-state index in [1.807, 2.05) is 6.07 Å². The van der Waals surface area contributed by atoms with E-state index in [9.17, 15) is 14.4 Å². The molecule has 2 heterocycles. The van der Waals surface area contributed by atoms with E-state index in [1.54, 1.807) is 18.5 Å². The molecular formula is C15H19N3O5. The molecule has 0 unspecified atom stereocenters. The van der Waals surface area contributed by atoms with Gasteiger partial charge in [-0.1, -0.05) is 6.07 Å². The molecule has 8 nitrogen and oxygen atoms in total. The third kappa shape index (κ3) is 5.67. The molecule has 0 saturated carbocycles. The number of pyridine rings is 1. The van der Waals surface area contributed by atoms with E-state index in [0.29, 0.717) is 0 Å². The Morgan fingerprint density at radius 1 is 1.26 bits per heavy atom. The Balaban J connectivity index is 1.49. The zero-order chi connectivity index (χ0) is 16.5. The largest absolute Gasteiger partial charge is 0.445 e. The van der Waals surface area contributed by atoms with Crippen molar-refractivity contribution in [1.82, 2.24) is 15.2 Å². The van der Waals surface area contributed by atoms with Crippen molar-refractivity contribution in [3.63, 3.8) is 0 Å². The number of rotatable bonds is 8. The van der Waals surface area contributed by atoms with Gasteiger partial charge < -0.3 is 14.8 Å². The van der Waals surface area contributed by atoms with Gasteiger partial charge in [-0.3, -0.25) is 19.5 Å². The van der Waals surface area contributed by atoms with Crippen LogP contribution in [0.25, 0.3) is 0 Å². The molecule has 1 aliphatic heterocycles. The molecule has 0 aliphatic carbocycles. The summed E-state index contributed by atoms with van der Waals surface area (Å²) < 4.78 is 10.3. The number of likely N-dealkylation sites (tertiary alicyclic amines) is 1. The van der Waals surface area contributed by atoms with Crippen LogP contribution in [0.15, 0.2) is 24.5 Å². The molecule has 0 spiro atoms. The Kier molecular flexibility index (Phi) is 6.49. The summed E-state index contributed by atoms with van der Waals surface area (Å²) in [5.74, 6) is -0.314. The minimum absolute atomic E-state index is 0.152. The first kappa shape index (κ1) is 16.9. The van der Waals surface area contributed by atoms with Gasteiger partial charge in [-0.2, -0.15) is 0 Å². The highest BCUT2D eigenvalue weighted by atomic mass is 16.5. The van der Waals surface area contributed by atoms with Crippen LogP contribution in [-0.4, -0.2) is 54.1 Å². The standard InChI is InChI=1S/C15H19N3O5/c19-13-3-4-14(20)18(13)7-9-22-8-6-17-15(21)23-11-12-2-1-5-16-10-12/h1-2,5,10H,3-4,6-9,11H2,(H,17,21). The molecule has 0 aromatic carbocycles. The van der Waals surface area contributed by atoms with Crippen molar-refractivity contribution in [3.8, 4) is 0 Å². The number of amides is 3. The van der Waals surface area contributed by atoms with Crippen LogP contribution in [0.1, 0.15) is 18.4 Å². The molecule has 0 radical (unpaired) electrons. The Hall–Kier alpha value is -2.48. The maximum atomic E-state index is 11.4. The fourth-order valence-electron chi connectivity index (χ4n) is 2.04. The second-order valence-electron chi connectivity index (χ2n) is 4.92. The van der Waals surface area contributed by atoms with Crippen LogP contribution in [0.3, 0.4) is 0 Å². The molecule has 2 rings (SSSR count). The molecule has 8 heteroatoms. The van der Waals surface area contributed by atoms with E-state index >= 15 is 0 Å². The highest BCUT2D eigenvalue weighted by Crippen LogP contribution is 2.10. The summed E-state index contributed by atoms with van der Waals surface area (Å²) in [4.78, 5) is 39.3. The van der Waals surface area contributed by atoms with Crippen LogP contribution >= 0.6 is 0 Å². The molecule has 3 amide bonds. The fourth-order valence-corrected chi connectivity index (χ4v) is 2.04. The quantitative estimate of drug-likeness (QED) is 0.552. The number of nitrogens with zero attached hydrogens (tertiary/aromatic N) is 2. The maximum Gasteiger partial charge on any atom is 0.407 e. The molecule has 1 aromatic heterocycles. The third-order valence-electron chi connectivity index (χ3n) is 3.22. The molecule has 1 N–H and O–H groups in total. The molecule has 23 heavy (non-hydrogen) atoms. The molecular weight excluding hydrogens is 302 g/mol. The van der Waals surface area contributed by atoms with Crippen molar-refractivity contribution in [2.75, 3.05) is 26.3 Å². The van der Waals surface area contributed by atoms with Gasteiger partial charge in [0.2, 0.25) is 11.8 Å². The number of carbonyl (C=O) groups is 3. The highest BCUT2D eigenvalue weighted by Gasteiger charge is 2.28. The molecule has 1 fully saturated rings. The first-order chi connectivity index (χ1) is 11.2. The lowest BCUT2D eigenvalue weighted by Crippen LogP contribution is -2.33. The normalized spacial score (nSPS) is 14.2.